The number of amides is 1. The lowest BCUT2D eigenvalue weighted by molar-refractivity contribution is 0.0948. The van der Waals surface area contributed by atoms with Gasteiger partial charge >= 0.3 is 0 Å². The van der Waals surface area contributed by atoms with Gasteiger partial charge in [0.25, 0.3) is 5.91 Å². The Kier molecular flexibility index (Phi) is 4.22. The third-order valence-corrected chi connectivity index (χ3v) is 2.03. The van der Waals surface area contributed by atoms with Crippen molar-refractivity contribution in [3.8, 4) is 23.8 Å². The molecule has 1 amide bonds. The Morgan fingerprint density at radius 2 is 2.00 bits per heavy atom. The number of hydrogen-bond donors (Lipinski definition) is 3. The lowest BCUT2D eigenvalue weighted by Gasteiger charge is -2.07. The zero-order chi connectivity index (χ0) is 12.0. The summed E-state index contributed by atoms with van der Waals surface area (Å²) in [6.45, 7) is 0.413. The highest BCUT2D eigenvalue weighted by atomic mass is 16.3. The molecule has 1 rings (SSSR count). The third kappa shape index (κ3) is 2.92. The molecule has 84 valence electrons. The monoisotopic (exact) mass is 219 g/mol. The number of phenols is 2. The zero-order valence-corrected chi connectivity index (χ0v) is 8.73. The molecule has 0 saturated heterocycles. The number of carbonyl (C=O) groups excluding carboxylic acids is 1. The van der Waals surface area contributed by atoms with Gasteiger partial charge < -0.3 is 15.5 Å². The summed E-state index contributed by atoms with van der Waals surface area (Å²) in [6.07, 6.45) is 6.30. The molecular formula is C12H13NO3. The summed E-state index contributed by atoms with van der Waals surface area (Å²) in [4.78, 5) is 11.6. The Bertz CT molecular complexity index is 401. The van der Waals surface area contributed by atoms with Crippen molar-refractivity contribution in [2.75, 3.05) is 6.54 Å². The van der Waals surface area contributed by atoms with Crippen molar-refractivity contribution in [2.45, 2.75) is 12.8 Å². The third-order valence-electron chi connectivity index (χ3n) is 2.03. The SMILES string of the molecule is C#CCCCNC(=O)c1c(O)cccc1O. The van der Waals surface area contributed by atoms with Gasteiger partial charge in [-0.1, -0.05) is 6.07 Å². The molecule has 4 heteroatoms. The Morgan fingerprint density at radius 3 is 2.56 bits per heavy atom. The van der Waals surface area contributed by atoms with E-state index in [9.17, 15) is 15.0 Å². The van der Waals surface area contributed by atoms with Gasteiger partial charge in [-0.2, -0.15) is 0 Å². The first-order valence-corrected chi connectivity index (χ1v) is 4.89. The van der Waals surface area contributed by atoms with Crippen molar-refractivity contribution in [3.63, 3.8) is 0 Å². The van der Waals surface area contributed by atoms with Crippen molar-refractivity contribution in [3.05, 3.63) is 23.8 Å². The van der Waals surface area contributed by atoms with Crippen LogP contribution in [0.15, 0.2) is 18.2 Å². The molecule has 16 heavy (non-hydrogen) atoms. The first-order chi connectivity index (χ1) is 7.66. The van der Waals surface area contributed by atoms with Gasteiger partial charge in [-0.15, -0.1) is 12.3 Å². The molecule has 3 N–H and O–H groups in total. The molecule has 0 radical (unpaired) electrons. The average Bonchev–Trinajstić information content (AvgIpc) is 2.24. The van der Waals surface area contributed by atoms with Crippen LogP contribution in [0, 0.1) is 12.3 Å². The second-order valence-corrected chi connectivity index (χ2v) is 3.23. The maximum absolute atomic E-state index is 11.6. The molecular weight excluding hydrogens is 206 g/mol. The molecule has 0 aromatic heterocycles. The van der Waals surface area contributed by atoms with Crippen molar-refractivity contribution in [2.24, 2.45) is 0 Å². The van der Waals surface area contributed by atoms with E-state index in [1.165, 1.54) is 18.2 Å². The molecule has 0 aliphatic rings. The first-order valence-electron chi connectivity index (χ1n) is 4.89. The minimum absolute atomic E-state index is 0.108. The van der Waals surface area contributed by atoms with E-state index in [1.54, 1.807) is 0 Å². The van der Waals surface area contributed by atoms with Crippen LogP contribution in [0.1, 0.15) is 23.2 Å². The number of aromatic hydroxyl groups is 2. The number of hydrogen-bond acceptors (Lipinski definition) is 3. The summed E-state index contributed by atoms with van der Waals surface area (Å²) >= 11 is 0. The second-order valence-electron chi connectivity index (χ2n) is 3.23. The van der Waals surface area contributed by atoms with Crippen LogP contribution < -0.4 is 5.32 Å². The number of benzene rings is 1. The Balaban J connectivity index is 2.63. The van der Waals surface area contributed by atoms with E-state index in [-0.39, 0.29) is 17.1 Å². The fourth-order valence-electron chi connectivity index (χ4n) is 1.24. The highest BCUT2D eigenvalue weighted by Crippen LogP contribution is 2.25. The van der Waals surface area contributed by atoms with Crippen LogP contribution in [0.25, 0.3) is 0 Å². The topological polar surface area (TPSA) is 69.6 Å². The van der Waals surface area contributed by atoms with Crippen molar-refractivity contribution >= 4 is 5.91 Å². The highest BCUT2D eigenvalue weighted by molar-refractivity contribution is 5.99. The van der Waals surface area contributed by atoms with Gasteiger partial charge in [0.05, 0.1) is 0 Å². The average molecular weight is 219 g/mol. The maximum Gasteiger partial charge on any atom is 0.258 e. The molecule has 4 nitrogen and oxygen atoms in total. The van der Waals surface area contributed by atoms with Crippen LogP contribution >= 0.6 is 0 Å². The minimum atomic E-state index is -0.507. The van der Waals surface area contributed by atoms with Crippen LogP contribution in [0.3, 0.4) is 0 Å². The maximum atomic E-state index is 11.6. The first kappa shape index (κ1) is 11.9. The predicted octanol–water partition coefficient (Wildman–Crippen LogP) is 1.24. The number of unbranched alkanes of at least 4 members (excludes halogenated alkanes) is 1. The zero-order valence-electron chi connectivity index (χ0n) is 8.73. The smallest absolute Gasteiger partial charge is 0.258 e. The van der Waals surface area contributed by atoms with Crippen molar-refractivity contribution in [1.29, 1.82) is 0 Å². The molecule has 0 bridgehead atoms. The van der Waals surface area contributed by atoms with Crippen molar-refractivity contribution < 1.29 is 15.0 Å². The van der Waals surface area contributed by atoms with Gasteiger partial charge in [-0.3, -0.25) is 4.79 Å². The van der Waals surface area contributed by atoms with Gasteiger partial charge in [-0.25, -0.2) is 0 Å². The molecule has 0 saturated carbocycles. The van der Waals surface area contributed by atoms with E-state index in [2.05, 4.69) is 11.2 Å². The second kappa shape index (κ2) is 5.66. The lowest BCUT2D eigenvalue weighted by atomic mass is 10.1. The minimum Gasteiger partial charge on any atom is -0.507 e. The molecule has 0 fully saturated rings. The van der Waals surface area contributed by atoms with E-state index in [0.29, 0.717) is 19.4 Å². The van der Waals surface area contributed by atoms with E-state index in [0.717, 1.165) is 0 Å². The van der Waals surface area contributed by atoms with E-state index in [4.69, 9.17) is 6.42 Å². The number of nitrogens with one attached hydrogen (secondary N) is 1. The van der Waals surface area contributed by atoms with E-state index >= 15 is 0 Å². The molecule has 0 heterocycles. The standard InChI is InChI=1S/C12H13NO3/c1-2-3-4-8-13-12(16)11-9(14)6-5-7-10(11)15/h1,5-7,14-15H,3-4,8H2,(H,13,16). The summed E-state index contributed by atoms with van der Waals surface area (Å²) in [5, 5.41) is 21.4. The molecule has 1 aromatic rings. The van der Waals surface area contributed by atoms with Gasteiger partial charge in [0.1, 0.15) is 17.1 Å². The summed E-state index contributed by atoms with van der Waals surface area (Å²) in [7, 11) is 0. The van der Waals surface area contributed by atoms with Gasteiger partial charge in [0.15, 0.2) is 0 Å². The van der Waals surface area contributed by atoms with Crippen LogP contribution in [-0.2, 0) is 0 Å². The normalized spacial score (nSPS) is 9.44. The molecule has 0 aliphatic heterocycles. The summed E-state index contributed by atoms with van der Waals surface area (Å²) in [5.41, 5.74) is -0.108. The van der Waals surface area contributed by atoms with Crippen LogP contribution in [0.2, 0.25) is 0 Å². The van der Waals surface area contributed by atoms with Crippen LogP contribution in [0.5, 0.6) is 11.5 Å². The largest absolute Gasteiger partial charge is 0.507 e. The number of phenolic OH excluding ortho intramolecular Hbond substituents is 2. The molecule has 0 atom stereocenters. The quantitative estimate of drug-likeness (QED) is 0.527. The molecule has 1 aromatic carbocycles. The summed E-state index contributed by atoms with van der Waals surface area (Å²) in [5.74, 6) is 1.46. The lowest BCUT2D eigenvalue weighted by Crippen LogP contribution is -2.24. The Labute approximate surface area is 93.9 Å². The highest BCUT2D eigenvalue weighted by Gasteiger charge is 2.14. The van der Waals surface area contributed by atoms with Crippen LogP contribution in [-0.4, -0.2) is 22.7 Å². The fourth-order valence-corrected chi connectivity index (χ4v) is 1.24. The molecule has 0 unspecified atom stereocenters. The number of carbonyl (C=O) groups is 1. The molecule has 0 aliphatic carbocycles. The van der Waals surface area contributed by atoms with Gasteiger partial charge in [-0.05, 0) is 18.6 Å². The number of rotatable bonds is 4. The Hall–Kier alpha value is -2.15. The van der Waals surface area contributed by atoms with E-state index < -0.39 is 5.91 Å². The predicted molar refractivity (Wildman–Crippen MR) is 60.2 cm³/mol. The van der Waals surface area contributed by atoms with Gasteiger partial charge in [0.2, 0.25) is 0 Å². The van der Waals surface area contributed by atoms with E-state index in [1.807, 2.05) is 0 Å². The Morgan fingerprint density at radius 1 is 1.38 bits per heavy atom. The number of terminal acetylenes is 1. The van der Waals surface area contributed by atoms with Crippen molar-refractivity contribution in [1.82, 2.24) is 5.32 Å². The summed E-state index contributed by atoms with van der Waals surface area (Å²) < 4.78 is 0. The summed E-state index contributed by atoms with van der Waals surface area (Å²) in [6, 6.07) is 4.14. The van der Waals surface area contributed by atoms with Crippen LogP contribution in [0.4, 0.5) is 0 Å². The fraction of sp³-hybridized carbons (Fsp3) is 0.250. The van der Waals surface area contributed by atoms with Gasteiger partial charge in [0, 0.05) is 13.0 Å². The molecule has 0 spiro atoms.